The molecule has 0 saturated heterocycles. The van der Waals surface area contributed by atoms with Crippen molar-refractivity contribution in [2.24, 2.45) is 7.05 Å². The Balaban J connectivity index is 1.89. The molecule has 3 aromatic rings. The van der Waals surface area contributed by atoms with Crippen LogP contribution in [0.25, 0.3) is 0 Å². The third-order valence-electron chi connectivity index (χ3n) is 5.24. The summed E-state index contributed by atoms with van der Waals surface area (Å²) in [6.45, 7) is 3.71. The number of imidazole rings is 1. The second-order valence-corrected chi connectivity index (χ2v) is 9.74. The number of carbonyl (C=O) groups is 1. The first-order valence-electron chi connectivity index (χ1n) is 10.4. The maximum atomic E-state index is 12.9. The molecule has 9 nitrogen and oxygen atoms in total. The lowest BCUT2D eigenvalue weighted by Gasteiger charge is -2.20. The highest BCUT2D eigenvalue weighted by atomic mass is 35.5. The first kappa shape index (κ1) is 24.7. The minimum Gasteiger partial charge on any atom is -0.341 e. The van der Waals surface area contributed by atoms with Crippen LogP contribution in [0.4, 0.5) is 0 Å². The van der Waals surface area contributed by atoms with Gasteiger partial charge in [0, 0.05) is 49.8 Å². The highest BCUT2D eigenvalue weighted by Gasteiger charge is 2.24. The number of nitrogens with one attached hydrogen (secondary N) is 1. The minimum atomic E-state index is -3.77. The molecular weight excluding hydrogens is 466 g/mol. The van der Waals surface area contributed by atoms with Crippen LogP contribution in [0.15, 0.2) is 64.7 Å². The molecule has 176 valence electrons. The van der Waals surface area contributed by atoms with E-state index >= 15 is 0 Å². The van der Waals surface area contributed by atoms with Crippen LogP contribution in [0.2, 0.25) is 5.02 Å². The molecule has 2 heterocycles. The van der Waals surface area contributed by atoms with Crippen molar-refractivity contribution in [3.8, 4) is 0 Å². The van der Waals surface area contributed by atoms with Crippen molar-refractivity contribution in [3.63, 3.8) is 0 Å². The smallest absolute Gasteiger partial charge is 0.251 e. The molecule has 1 aromatic carbocycles. The average molecular weight is 492 g/mol. The summed E-state index contributed by atoms with van der Waals surface area (Å²) in [7, 11) is -1.96. The zero-order chi connectivity index (χ0) is 24.2. The molecule has 3 rings (SSSR count). The highest BCUT2D eigenvalue weighted by molar-refractivity contribution is 7.89. The van der Waals surface area contributed by atoms with Gasteiger partial charge in [0.1, 0.15) is 18.4 Å². The summed E-state index contributed by atoms with van der Waals surface area (Å²) < 4.78 is 29.8. The maximum Gasteiger partial charge on any atom is 0.251 e. The fourth-order valence-corrected chi connectivity index (χ4v) is 5.07. The zero-order valence-electron chi connectivity index (χ0n) is 18.6. The number of aryl methyl sites for hydroxylation is 1. The molecule has 33 heavy (non-hydrogen) atoms. The van der Waals surface area contributed by atoms with Crippen LogP contribution in [0.1, 0.15) is 31.3 Å². The van der Waals surface area contributed by atoms with Crippen molar-refractivity contribution in [1.82, 2.24) is 23.7 Å². The Kier molecular flexibility index (Phi) is 7.72. The van der Waals surface area contributed by atoms with Crippen molar-refractivity contribution >= 4 is 27.5 Å². The van der Waals surface area contributed by atoms with Crippen LogP contribution in [0.3, 0.4) is 0 Å². The molecule has 0 bridgehead atoms. The van der Waals surface area contributed by atoms with Crippen LogP contribution in [-0.4, -0.2) is 45.8 Å². The fourth-order valence-electron chi connectivity index (χ4n) is 3.47. The summed E-state index contributed by atoms with van der Waals surface area (Å²) in [5.74, 6) is 0.119. The van der Waals surface area contributed by atoms with E-state index in [4.69, 9.17) is 11.6 Å². The third kappa shape index (κ3) is 5.52. The second-order valence-electron chi connectivity index (χ2n) is 7.37. The lowest BCUT2D eigenvalue weighted by atomic mass is 10.1. The Morgan fingerprint density at radius 3 is 2.39 bits per heavy atom. The molecule has 0 fully saturated rings. The van der Waals surface area contributed by atoms with E-state index < -0.39 is 27.5 Å². The van der Waals surface area contributed by atoms with Crippen molar-refractivity contribution in [2.45, 2.75) is 31.3 Å². The van der Waals surface area contributed by atoms with E-state index in [-0.39, 0.29) is 11.4 Å². The third-order valence-corrected chi connectivity index (χ3v) is 7.52. The van der Waals surface area contributed by atoms with Gasteiger partial charge < -0.3 is 14.5 Å². The molecule has 1 atom stereocenters. The Labute approximate surface area is 197 Å². The van der Waals surface area contributed by atoms with Gasteiger partial charge in [0.25, 0.3) is 5.56 Å². The summed E-state index contributed by atoms with van der Waals surface area (Å²) in [5, 5.41) is 3.45. The standard InChI is InChI=1S/C22H26ClN5O4S/c1-4-28(5-2)33(31,32)18-10-11-20(30)27(14-18)15-19(29)25-21(22-24-12-13-26(22)3)16-6-8-17(23)9-7-16/h6-14,21H,4-5,15H2,1-3H3,(H,25,29)/t21-/m1/s1. The Bertz CT molecular complexity index is 1280. The van der Waals surface area contributed by atoms with Gasteiger partial charge in [-0.2, -0.15) is 4.31 Å². The van der Waals surface area contributed by atoms with Crippen LogP contribution in [0, 0.1) is 0 Å². The molecule has 0 spiro atoms. The summed E-state index contributed by atoms with van der Waals surface area (Å²) in [4.78, 5) is 29.6. The van der Waals surface area contributed by atoms with E-state index in [9.17, 15) is 18.0 Å². The Morgan fingerprint density at radius 1 is 1.15 bits per heavy atom. The van der Waals surface area contributed by atoms with Gasteiger partial charge in [0.2, 0.25) is 15.9 Å². The summed E-state index contributed by atoms with van der Waals surface area (Å²) in [6, 6.07) is 8.81. The number of rotatable bonds is 9. The molecule has 0 aliphatic rings. The SMILES string of the molecule is CCN(CC)S(=O)(=O)c1ccc(=O)n(CC(=O)N[C@H](c2ccc(Cl)cc2)c2nccn2C)c1. The topological polar surface area (TPSA) is 106 Å². The number of carbonyl (C=O) groups excluding carboxylic acids is 1. The van der Waals surface area contributed by atoms with Crippen molar-refractivity contribution in [2.75, 3.05) is 13.1 Å². The van der Waals surface area contributed by atoms with E-state index in [0.717, 1.165) is 16.2 Å². The number of aromatic nitrogens is 3. The minimum absolute atomic E-state index is 0.0445. The molecular formula is C22H26ClN5O4S. The van der Waals surface area contributed by atoms with Crippen molar-refractivity contribution in [3.05, 3.63) is 81.8 Å². The Morgan fingerprint density at radius 2 is 1.82 bits per heavy atom. The molecule has 0 aliphatic heterocycles. The Hall–Kier alpha value is -2.95. The largest absolute Gasteiger partial charge is 0.341 e. The van der Waals surface area contributed by atoms with Gasteiger partial charge in [0.05, 0.1) is 4.90 Å². The zero-order valence-corrected chi connectivity index (χ0v) is 20.2. The van der Waals surface area contributed by atoms with Crippen LogP contribution >= 0.6 is 11.6 Å². The number of amides is 1. The van der Waals surface area contributed by atoms with E-state index in [1.807, 2.05) is 7.05 Å². The summed E-state index contributed by atoms with van der Waals surface area (Å²) in [5.41, 5.74) is 0.274. The molecule has 0 radical (unpaired) electrons. The van der Waals surface area contributed by atoms with Crippen molar-refractivity contribution in [1.29, 1.82) is 0 Å². The van der Waals surface area contributed by atoms with Gasteiger partial charge in [-0.15, -0.1) is 0 Å². The van der Waals surface area contributed by atoms with Gasteiger partial charge in [0.15, 0.2) is 0 Å². The normalized spacial score (nSPS) is 12.6. The number of halogens is 1. The van der Waals surface area contributed by atoms with Gasteiger partial charge >= 0.3 is 0 Å². The molecule has 0 saturated carbocycles. The lowest BCUT2D eigenvalue weighted by molar-refractivity contribution is -0.122. The first-order chi connectivity index (χ1) is 15.7. The van der Waals surface area contributed by atoms with E-state index in [2.05, 4.69) is 10.3 Å². The van der Waals surface area contributed by atoms with E-state index in [1.165, 1.54) is 16.6 Å². The summed E-state index contributed by atoms with van der Waals surface area (Å²) >= 11 is 6.00. The fraction of sp³-hybridized carbons (Fsp3) is 0.318. The van der Waals surface area contributed by atoms with Crippen LogP contribution in [-0.2, 0) is 28.4 Å². The molecule has 0 aliphatic carbocycles. The predicted molar refractivity (Wildman–Crippen MR) is 125 cm³/mol. The number of pyridine rings is 1. The molecule has 2 aromatic heterocycles. The van der Waals surface area contributed by atoms with Gasteiger partial charge in [-0.1, -0.05) is 37.6 Å². The first-order valence-corrected chi connectivity index (χ1v) is 12.2. The van der Waals surface area contributed by atoms with Crippen LogP contribution in [0.5, 0.6) is 0 Å². The number of sulfonamides is 1. The molecule has 0 unspecified atom stereocenters. The number of nitrogens with zero attached hydrogens (tertiary/aromatic N) is 4. The number of benzene rings is 1. The molecule has 1 N–H and O–H groups in total. The second kappa shape index (κ2) is 10.3. The molecule has 11 heteroatoms. The van der Waals surface area contributed by atoms with Gasteiger partial charge in [-0.05, 0) is 23.8 Å². The lowest BCUT2D eigenvalue weighted by Crippen LogP contribution is -2.36. The predicted octanol–water partition coefficient (Wildman–Crippen LogP) is 2.17. The van der Waals surface area contributed by atoms with Crippen molar-refractivity contribution < 1.29 is 13.2 Å². The van der Waals surface area contributed by atoms with E-state index in [1.54, 1.807) is 55.1 Å². The van der Waals surface area contributed by atoms with E-state index in [0.29, 0.717) is 23.9 Å². The molecule has 1 amide bonds. The highest BCUT2D eigenvalue weighted by Crippen LogP contribution is 2.22. The number of hydrogen-bond donors (Lipinski definition) is 1. The summed E-state index contributed by atoms with van der Waals surface area (Å²) in [6.07, 6.45) is 4.58. The van der Waals surface area contributed by atoms with Crippen LogP contribution < -0.4 is 10.9 Å². The van der Waals surface area contributed by atoms with Gasteiger partial charge in [-0.25, -0.2) is 13.4 Å². The average Bonchev–Trinajstić information content (AvgIpc) is 3.20. The number of hydrogen-bond acceptors (Lipinski definition) is 5. The quantitative estimate of drug-likeness (QED) is 0.493. The monoisotopic (exact) mass is 491 g/mol. The van der Waals surface area contributed by atoms with Gasteiger partial charge in [-0.3, -0.25) is 9.59 Å². The maximum absolute atomic E-state index is 12.9.